The van der Waals surface area contributed by atoms with Crippen LogP contribution < -0.4 is 0 Å². The lowest BCUT2D eigenvalue weighted by atomic mass is 9.82. The second kappa shape index (κ2) is 10.9. The summed E-state index contributed by atoms with van der Waals surface area (Å²) in [5.41, 5.74) is 6.09. The molecule has 2 aliphatic rings. The van der Waals surface area contributed by atoms with Gasteiger partial charge < -0.3 is 0 Å². The van der Waals surface area contributed by atoms with Gasteiger partial charge in [-0.25, -0.2) is 0 Å². The van der Waals surface area contributed by atoms with Crippen LogP contribution in [-0.2, 0) is 0 Å². The Morgan fingerprint density at radius 2 is 1.22 bits per heavy atom. The summed E-state index contributed by atoms with van der Waals surface area (Å²) in [4.78, 5) is 0. The van der Waals surface area contributed by atoms with Gasteiger partial charge in [-0.1, -0.05) is 95.2 Å². The van der Waals surface area contributed by atoms with Crippen molar-refractivity contribution in [2.45, 2.75) is 97.3 Å². The lowest BCUT2D eigenvalue weighted by Crippen LogP contribution is -2.06. The Kier molecular flexibility index (Phi) is 8.24. The van der Waals surface area contributed by atoms with Crippen molar-refractivity contribution in [3.05, 3.63) is 47.5 Å². The molecule has 0 fully saturated rings. The molecule has 0 amide bonds. The van der Waals surface area contributed by atoms with Crippen LogP contribution in [0.5, 0.6) is 0 Å². The molecule has 0 saturated carbocycles. The van der Waals surface area contributed by atoms with E-state index in [0.29, 0.717) is 0 Å². The van der Waals surface area contributed by atoms with E-state index in [1.165, 1.54) is 94.6 Å². The highest BCUT2D eigenvalue weighted by atomic mass is 14.2. The van der Waals surface area contributed by atoms with Gasteiger partial charge in [0.1, 0.15) is 0 Å². The molecular weight excluding hydrogens is 324 g/mol. The van der Waals surface area contributed by atoms with Crippen molar-refractivity contribution in [3.8, 4) is 0 Å². The first-order valence-electron chi connectivity index (χ1n) is 11.8. The van der Waals surface area contributed by atoms with Gasteiger partial charge in [0.15, 0.2) is 0 Å². The van der Waals surface area contributed by atoms with Crippen molar-refractivity contribution in [2.75, 3.05) is 0 Å². The topological polar surface area (TPSA) is 0 Å². The maximum absolute atomic E-state index is 2.54. The maximum atomic E-state index is 2.54. The second-order valence-electron chi connectivity index (χ2n) is 8.95. The van der Waals surface area contributed by atoms with Gasteiger partial charge in [0.25, 0.3) is 0 Å². The molecule has 27 heavy (non-hydrogen) atoms. The molecule has 0 radical (unpaired) electrons. The average molecular weight is 365 g/mol. The van der Waals surface area contributed by atoms with Gasteiger partial charge in [-0.15, -0.1) is 0 Å². The largest absolute Gasteiger partial charge is 0.0804 e. The SMILES string of the molecule is CCCCCCC1CC=C(c2ccc(C3=CCC(CCC)CC3)cc2)CC1. The Hall–Kier alpha value is -1.30. The van der Waals surface area contributed by atoms with Crippen molar-refractivity contribution in [3.63, 3.8) is 0 Å². The highest BCUT2D eigenvalue weighted by molar-refractivity contribution is 5.71. The van der Waals surface area contributed by atoms with Crippen LogP contribution in [0.2, 0.25) is 0 Å². The quantitative estimate of drug-likeness (QED) is 0.384. The molecule has 0 spiro atoms. The van der Waals surface area contributed by atoms with E-state index in [1.807, 2.05) is 0 Å². The molecule has 1 aromatic carbocycles. The summed E-state index contributed by atoms with van der Waals surface area (Å²) >= 11 is 0. The first-order valence-corrected chi connectivity index (χ1v) is 11.8. The molecule has 0 N–H and O–H groups in total. The predicted octanol–water partition coefficient (Wildman–Crippen LogP) is 8.82. The summed E-state index contributed by atoms with van der Waals surface area (Å²) in [7, 11) is 0. The zero-order chi connectivity index (χ0) is 18.9. The summed E-state index contributed by atoms with van der Waals surface area (Å²) in [6.45, 7) is 4.61. The van der Waals surface area contributed by atoms with Gasteiger partial charge in [-0.2, -0.15) is 0 Å². The van der Waals surface area contributed by atoms with Crippen LogP contribution in [0.4, 0.5) is 0 Å². The van der Waals surface area contributed by atoms with E-state index in [4.69, 9.17) is 0 Å². The summed E-state index contributed by atoms with van der Waals surface area (Å²) in [6, 6.07) is 9.50. The fraction of sp³-hybridized carbons (Fsp3) is 0.630. The zero-order valence-electron chi connectivity index (χ0n) is 17.8. The third-order valence-corrected chi connectivity index (χ3v) is 6.83. The van der Waals surface area contributed by atoms with Gasteiger partial charge >= 0.3 is 0 Å². The van der Waals surface area contributed by atoms with Crippen LogP contribution in [0, 0.1) is 11.8 Å². The monoisotopic (exact) mass is 364 g/mol. The summed E-state index contributed by atoms with van der Waals surface area (Å²) in [5, 5.41) is 0. The van der Waals surface area contributed by atoms with Gasteiger partial charge in [-0.3, -0.25) is 0 Å². The van der Waals surface area contributed by atoms with Crippen LogP contribution in [0.15, 0.2) is 36.4 Å². The predicted molar refractivity (Wildman–Crippen MR) is 121 cm³/mol. The number of hydrogen-bond acceptors (Lipinski definition) is 0. The molecule has 0 saturated heterocycles. The first kappa shape index (κ1) is 20.4. The van der Waals surface area contributed by atoms with E-state index < -0.39 is 0 Å². The first-order chi connectivity index (χ1) is 13.3. The third kappa shape index (κ3) is 6.09. The molecule has 2 aliphatic carbocycles. The Balaban J connectivity index is 1.51. The zero-order valence-corrected chi connectivity index (χ0v) is 17.8. The minimum atomic E-state index is 0.931. The van der Waals surface area contributed by atoms with E-state index in [2.05, 4.69) is 50.3 Å². The molecule has 0 heterocycles. The lowest BCUT2D eigenvalue weighted by Gasteiger charge is -2.23. The van der Waals surface area contributed by atoms with E-state index in [-0.39, 0.29) is 0 Å². The number of benzene rings is 1. The molecule has 0 heteroatoms. The average Bonchev–Trinajstić information content (AvgIpc) is 2.73. The highest BCUT2D eigenvalue weighted by Crippen LogP contribution is 2.35. The summed E-state index contributed by atoms with van der Waals surface area (Å²) in [5.74, 6) is 1.87. The van der Waals surface area contributed by atoms with Crippen LogP contribution in [0.25, 0.3) is 11.1 Å². The van der Waals surface area contributed by atoms with Crippen molar-refractivity contribution in [2.24, 2.45) is 11.8 Å². The van der Waals surface area contributed by atoms with Crippen molar-refractivity contribution < 1.29 is 0 Å². The van der Waals surface area contributed by atoms with Gasteiger partial charge in [-0.05, 0) is 72.6 Å². The molecule has 1 aromatic rings. The van der Waals surface area contributed by atoms with Crippen LogP contribution in [0.3, 0.4) is 0 Å². The molecule has 2 atom stereocenters. The molecule has 0 nitrogen and oxygen atoms in total. The maximum Gasteiger partial charge on any atom is -0.0227 e. The number of unbranched alkanes of at least 4 members (excludes halogenated alkanes) is 3. The van der Waals surface area contributed by atoms with E-state index >= 15 is 0 Å². The highest BCUT2D eigenvalue weighted by Gasteiger charge is 2.17. The smallest absolute Gasteiger partial charge is 0.0227 e. The molecule has 0 bridgehead atoms. The Morgan fingerprint density at radius 1 is 0.667 bits per heavy atom. The van der Waals surface area contributed by atoms with E-state index in [9.17, 15) is 0 Å². The number of allylic oxidation sites excluding steroid dienone is 4. The second-order valence-corrected chi connectivity index (χ2v) is 8.95. The molecule has 0 aliphatic heterocycles. The summed E-state index contributed by atoms with van der Waals surface area (Å²) < 4.78 is 0. The van der Waals surface area contributed by atoms with Crippen molar-refractivity contribution in [1.29, 1.82) is 0 Å². The normalized spacial score (nSPS) is 23.0. The molecular formula is C27H40. The molecule has 3 rings (SSSR count). The molecule has 2 unspecified atom stereocenters. The van der Waals surface area contributed by atoms with Crippen LogP contribution in [-0.4, -0.2) is 0 Å². The third-order valence-electron chi connectivity index (χ3n) is 6.83. The Labute approximate surface area is 168 Å². The summed E-state index contributed by atoms with van der Waals surface area (Å²) in [6.07, 6.45) is 22.8. The van der Waals surface area contributed by atoms with Gasteiger partial charge in [0.2, 0.25) is 0 Å². The standard InChI is InChI=1S/C27H40/c1-3-5-6-7-9-23-12-16-25(17-13-23)27-20-18-26(19-21-27)24-14-10-22(8-4-2)11-15-24/h14,16,18-23H,3-13,15,17H2,1-2H3. The van der Waals surface area contributed by atoms with Crippen LogP contribution in [0.1, 0.15) is 108 Å². The Bertz CT molecular complexity index is 616. The van der Waals surface area contributed by atoms with Gasteiger partial charge in [0.05, 0.1) is 0 Å². The minimum absolute atomic E-state index is 0.931. The number of rotatable bonds is 9. The van der Waals surface area contributed by atoms with Crippen molar-refractivity contribution in [1.82, 2.24) is 0 Å². The van der Waals surface area contributed by atoms with E-state index in [1.54, 1.807) is 11.1 Å². The minimum Gasteiger partial charge on any atom is -0.0804 e. The van der Waals surface area contributed by atoms with E-state index in [0.717, 1.165) is 11.8 Å². The lowest BCUT2D eigenvalue weighted by molar-refractivity contribution is 0.425. The van der Waals surface area contributed by atoms with Crippen LogP contribution >= 0.6 is 0 Å². The van der Waals surface area contributed by atoms with Crippen molar-refractivity contribution >= 4 is 11.1 Å². The fourth-order valence-corrected chi connectivity index (χ4v) is 4.99. The number of hydrogen-bond donors (Lipinski definition) is 0. The van der Waals surface area contributed by atoms with Gasteiger partial charge in [0, 0.05) is 0 Å². The molecule has 148 valence electrons. The fourth-order valence-electron chi connectivity index (χ4n) is 4.99. The Morgan fingerprint density at radius 3 is 1.67 bits per heavy atom. The molecule has 0 aromatic heterocycles.